The van der Waals surface area contributed by atoms with Gasteiger partial charge >= 0.3 is 0 Å². The number of hydrogen-bond acceptors (Lipinski definition) is 2. The molecular formula is C11H13BrO2S. The van der Waals surface area contributed by atoms with Crippen LogP contribution in [-0.2, 0) is 9.84 Å². The van der Waals surface area contributed by atoms with E-state index in [9.17, 15) is 8.42 Å². The third kappa shape index (κ3) is 2.26. The minimum Gasteiger partial charge on any atom is -0.223 e. The molecule has 0 bridgehead atoms. The molecule has 0 aliphatic heterocycles. The lowest BCUT2D eigenvalue weighted by molar-refractivity contribution is 0.579. The highest BCUT2D eigenvalue weighted by Crippen LogP contribution is 2.29. The first-order valence-corrected chi connectivity index (χ1v) is 7.44. The smallest absolute Gasteiger partial charge is 0.181 e. The van der Waals surface area contributed by atoms with Crippen LogP contribution < -0.4 is 0 Å². The van der Waals surface area contributed by atoms with E-state index in [1.807, 2.05) is 0 Å². The van der Waals surface area contributed by atoms with Crippen LogP contribution in [0.25, 0.3) is 0 Å². The summed E-state index contributed by atoms with van der Waals surface area (Å²) < 4.78 is 25.2. The fourth-order valence-electron chi connectivity index (χ4n) is 2.02. The van der Waals surface area contributed by atoms with Crippen molar-refractivity contribution in [2.75, 3.05) is 0 Å². The van der Waals surface area contributed by atoms with Gasteiger partial charge < -0.3 is 0 Å². The lowest BCUT2D eigenvalue weighted by Gasteiger charge is -2.10. The van der Waals surface area contributed by atoms with Crippen LogP contribution in [0.1, 0.15) is 25.7 Å². The Morgan fingerprint density at radius 3 is 2.13 bits per heavy atom. The summed E-state index contributed by atoms with van der Waals surface area (Å²) in [6.07, 6.45) is 3.72. The number of halogens is 1. The molecule has 1 fully saturated rings. The van der Waals surface area contributed by atoms with Crippen LogP contribution in [-0.4, -0.2) is 13.7 Å². The highest BCUT2D eigenvalue weighted by molar-refractivity contribution is 9.10. The summed E-state index contributed by atoms with van der Waals surface area (Å²) in [5, 5.41) is -0.154. The van der Waals surface area contributed by atoms with Gasteiger partial charge in [-0.1, -0.05) is 28.8 Å². The molecule has 2 rings (SSSR count). The van der Waals surface area contributed by atoms with Crippen LogP contribution in [0.5, 0.6) is 0 Å². The van der Waals surface area contributed by atoms with E-state index in [4.69, 9.17) is 0 Å². The highest BCUT2D eigenvalue weighted by atomic mass is 79.9. The number of benzene rings is 1. The Bertz CT molecular complexity index is 430. The molecule has 0 saturated heterocycles. The van der Waals surface area contributed by atoms with Crippen LogP contribution in [0.3, 0.4) is 0 Å². The molecule has 0 spiro atoms. The van der Waals surface area contributed by atoms with Gasteiger partial charge in [-0.05, 0) is 37.1 Å². The summed E-state index contributed by atoms with van der Waals surface area (Å²) >= 11 is 3.30. The zero-order valence-corrected chi connectivity index (χ0v) is 10.7. The molecule has 82 valence electrons. The topological polar surface area (TPSA) is 34.1 Å². The summed E-state index contributed by atoms with van der Waals surface area (Å²) in [4.78, 5) is 0.456. The normalized spacial score (nSPS) is 18.2. The average Bonchev–Trinajstić information content (AvgIpc) is 2.71. The molecule has 0 radical (unpaired) electrons. The third-order valence-corrected chi connectivity index (χ3v) is 5.69. The zero-order chi connectivity index (χ0) is 10.9. The number of hydrogen-bond donors (Lipinski definition) is 0. The SMILES string of the molecule is O=S(=O)(c1ccc(Br)cc1)C1CCCC1. The van der Waals surface area contributed by atoms with Gasteiger partial charge in [-0.2, -0.15) is 0 Å². The van der Waals surface area contributed by atoms with Gasteiger partial charge in [0.1, 0.15) is 0 Å². The van der Waals surface area contributed by atoms with Gasteiger partial charge in [0.05, 0.1) is 10.1 Å². The Kier molecular flexibility index (Phi) is 3.16. The van der Waals surface area contributed by atoms with Crippen LogP contribution in [0, 0.1) is 0 Å². The summed E-state index contributed by atoms with van der Waals surface area (Å²) in [5.41, 5.74) is 0. The molecule has 1 saturated carbocycles. The maximum Gasteiger partial charge on any atom is 0.181 e. The van der Waals surface area contributed by atoms with Crippen molar-refractivity contribution in [2.45, 2.75) is 35.8 Å². The van der Waals surface area contributed by atoms with Crippen molar-refractivity contribution in [3.63, 3.8) is 0 Å². The second-order valence-electron chi connectivity index (χ2n) is 3.91. The first-order valence-electron chi connectivity index (χ1n) is 5.10. The Labute approximate surface area is 98.7 Å². The number of rotatable bonds is 2. The molecule has 1 aromatic carbocycles. The van der Waals surface area contributed by atoms with Gasteiger partial charge in [0.15, 0.2) is 9.84 Å². The first-order chi connectivity index (χ1) is 7.10. The predicted octanol–water partition coefficient (Wildman–Crippen LogP) is 3.17. The van der Waals surface area contributed by atoms with E-state index in [0.717, 1.165) is 30.2 Å². The predicted molar refractivity (Wildman–Crippen MR) is 63.6 cm³/mol. The minimum absolute atomic E-state index is 0.154. The third-order valence-electron chi connectivity index (χ3n) is 2.88. The van der Waals surface area contributed by atoms with Crippen LogP contribution in [0.15, 0.2) is 33.6 Å². The monoisotopic (exact) mass is 288 g/mol. The van der Waals surface area contributed by atoms with Crippen LogP contribution in [0.4, 0.5) is 0 Å². The Balaban J connectivity index is 2.32. The number of sulfone groups is 1. The molecule has 1 aliphatic rings. The van der Waals surface area contributed by atoms with Gasteiger partial charge in [-0.3, -0.25) is 0 Å². The fourth-order valence-corrected chi connectivity index (χ4v) is 4.13. The van der Waals surface area contributed by atoms with Gasteiger partial charge in [0, 0.05) is 4.47 Å². The summed E-state index contributed by atoms with van der Waals surface area (Å²) in [6.45, 7) is 0. The molecule has 4 heteroatoms. The van der Waals surface area contributed by atoms with Crippen LogP contribution >= 0.6 is 15.9 Å². The fraction of sp³-hybridized carbons (Fsp3) is 0.455. The average molecular weight is 289 g/mol. The summed E-state index contributed by atoms with van der Waals surface area (Å²) in [7, 11) is -3.08. The van der Waals surface area contributed by atoms with Crippen LogP contribution in [0.2, 0.25) is 0 Å². The summed E-state index contributed by atoms with van der Waals surface area (Å²) in [5.74, 6) is 0. The quantitative estimate of drug-likeness (QED) is 0.838. The molecule has 0 atom stereocenters. The summed E-state index contributed by atoms with van der Waals surface area (Å²) in [6, 6.07) is 6.92. The van der Waals surface area contributed by atoms with E-state index in [-0.39, 0.29) is 5.25 Å². The molecule has 0 aromatic heterocycles. The molecule has 1 aromatic rings. The molecular weight excluding hydrogens is 276 g/mol. The molecule has 0 unspecified atom stereocenters. The Morgan fingerprint density at radius 2 is 1.60 bits per heavy atom. The molecule has 0 heterocycles. The molecule has 2 nitrogen and oxygen atoms in total. The molecule has 0 amide bonds. The van der Waals surface area contributed by atoms with E-state index in [0.29, 0.717) is 4.90 Å². The first kappa shape index (κ1) is 11.1. The standard InChI is InChI=1S/C11H13BrO2S/c12-9-5-7-11(8-6-9)15(13,14)10-3-1-2-4-10/h5-8,10H,1-4H2. The highest BCUT2D eigenvalue weighted by Gasteiger charge is 2.29. The lowest BCUT2D eigenvalue weighted by atomic mass is 10.4. The van der Waals surface area contributed by atoms with Crippen molar-refractivity contribution in [3.8, 4) is 0 Å². The van der Waals surface area contributed by atoms with E-state index in [1.54, 1.807) is 24.3 Å². The lowest BCUT2D eigenvalue weighted by Crippen LogP contribution is -2.17. The van der Waals surface area contributed by atoms with Crippen molar-refractivity contribution in [1.29, 1.82) is 0 Å². The van der Waals surface area contributed by atoms with E-state index < -0.39 is 9.84 Å². The van der Waals surface area contributed by atoms with Crippen molar-refractivity contribution in [3.05, 3.63) is 28.7 Å². The second kappa shape index (κ2) is 4.26. The Morgan fingerprint density at radius 1 is 1.07 bits per heavy atom. The van der Waals surface area contributed by atoms with Gasteiger partial charge in [-0.25, -0.2) is 8.42 Å². The van der Waals surface area contributed by atoms with E-state index >= 15 is 0 Å². The molecule has 1 aliphatic carbocycles. The van der Waals surface area contributed by atoms with E-state index in [1.165, 1.54) is 0 Å². The van der Waals surface area contributed by atoms with Gasteiger partial charge in [-0.15, -0.1) is 0 Å². The second-order valence-corrected chi connectivity index (χ2v) is 7.05. The molecule has 15 heavy (non-hydrogen) atoms. The van der Waals surface area contributed by atoms with Gasteiger partial charge in [0.2, 0.25) is 0 Å². The van der Waals surface area contributed by atoms with E-state index in [2.05, 4.69) is 15.9 Å². The van der Waals surface area contributed by atoms with Gasteiger partial charge in [0.25, 0.3) is 0 Å². The van der Waals surface area contributed by atoms with Crippen molar-refractivity contribution < 1.29 is 8.42 Å². The largest absolute Gasteiger partial charge is 0.223 e. The minimum atomic E-state index is -3.08. The molecule has 0 N–H and O–H groups in total. The maximum atomic E-state index is 12.1. The van der Waals surface area contributed by atoms with Crippen molar-refractivity contribution in [2.24, 2.45) is 0 Å². The van der Waals surface area contributed by atoms with Crippen molar-refractivity contribution in [1.82, 2.24) is 0 Å². The maximum absolute atomic E-state index is 12.1. The zero-order valence-electron chi connectivity index (χ0n) is 8.32. The van der Waals surface area contributed by atoms with Crippen molar-refractivity contribution >= 4 is 25.8 Å². The Hall–Kier alpha value is -0.350.